The first kappa shape index (κ1) is 14.8. The molecule has 0 aromatic carbocycles. The van der Waals surface area contributed by atoms with Gasteiger partial charge in [-0.15, -0.1) is 0 Å². The van der Waals surface area contributed by atoms with Crippen LogP contribution in [0.15, 0.2) is 20.0 Å². The summed E-state index contributed by atoms with van der Waals surface area (Å²) in [5, 5.41) is 2.62. The second-order valence-corrected chi connectivity index (χ2v) is 7.29. The van der Waals surface area contributed by atoms with Gasteiger partial charge in [0.05, 0.1) is 6.10 Å². The third-order valence-corrected chi connectivity index (χ3v) is 4.84. The van der Waals surface area contributed by atoms with Gasteiger partial charge in [0.25, 0.3) is 15.0 Å². The van der Waals surface area contributed by atoms with E-state index < -0.39 is 15.0 Å². The molecule has 2 rings (SSSR count). The monoisotopic (exact) mass is 371 g/mol. The molecule has 1 aromatic heterocycles. The van der Waals surface area contributed by atoms with E-state index in [9.17, 15) is 13.2 Å². The number of hydrogen-bond acceptors (Lipinski definition) is 5. The molecule has 106 valence electrons. The number of amides is 1. The minimum Gasteiger partial charge on any atom is -0.443 e. The van der Waals surface area contributed by atoms with Gasteiger partial charge >= 0.3 is 0 Å². The Morgan fingerprint density at radius 2 is 2.32 bits per heavy atom. The van der Waals surface area contributed by atoms with Crippen molar-refractivity contribution in [3.05, 3.63) is 16.5 Å². The molecule has 1 N–H and O–H groups in total. The Labute approximate surface area is 123 Å². The van der Waals surface area contributed by atoms with Crippen LogP contribution in [0.1, 0.15) is 23.4 Å². The molecule has 1 saturated heterocycles. The fourth-order valence-electron chi connectivity index (χ4n) is 1.73. The Hall–Kier alpha value is -0.570. The molecule has 19 heavy (non-hydrogen) atoms. The van der Waals surface area contributed by atoms with Crippen molar-refractivity contribution in [3.8, 4) is 0 Å². The maximum atomic E-state index is 11.8. The average Bonchev–Trinajstić information content (AvgIpc) is 2.93. The summed E-state index contributed by atoms with van der Waals surface area (Å²) in [7, 11) is 1.24. The van der Waals surface area contributed by atoms with E-state index in [1.54, 1.807) is 0 Å². The van der Waals surface area contributed by atoms with Crippen LogP contribution in [0.5, 0.6) is 0 Å². The zero-order valence-corrected chi connectivity index (χ0v) is 12.8. The van der Waals surface area contributed by atoms with E-state index >= 15 is 0 Å². The van der Waals surface area contributed by atoms with Gasteiger partial charge in [-0.2, -0.15) is 0 Å². The zero-order valence-electron chi connectivity index (χ0n) is 9.69. The molecule has 0 radical (unpaired) electrons. The Morgan fingerprint density at radius 3 is 2.84 bits per heavy atom. The van der Waals surface area contributed by atoms with Gasteiger partial charge in [-0.25, -0.2) is 8.42 Å². The van der Waals surface area contributed by atoms with Gasteiger partial charge in [0, 0.05) is 29.9 Å². The summed E-state index contributed by atoms with van der Waals surface area (Å²) in [6.45, 7) is 1.06. The molecule has 0 saturated carbocycles. The summed E-state index contributed by atoms with van der Waals surface area (Å²) < 4.78 is 32.6. The quantitative estimate of drug-likeness (QED) is 0.816. The SMILES string of the molecule is O=C(NCC1CCCO1)c1cc(S(=O)(=O)Cl)c(Br)o1. The zero-order chi connectivity index (χ0) is 14.0. The van der Waals surface area contributed by atoms with E-state index in [4.69, 9.17) is 19.8 Å². The lowest BCUT2D eigenvalue weighted by Crippen LogP contribution is -2.31. The molecule has 2 heterocycles. The van der Waals surface area contributed by atoms with Crippen LogP contribution in [0.25, 0.3) is 0 Å². The maximum absolute atomic E-state index is 11.8. The van der Waals surface area contributed by atoms with Crippen LogP contribution in [0, 0.1) is 0 Å². The fourth-order valence-corrected chi connectivity index (χ4v) is 3.76. The molecular formula is C10H11BrClNO5S. The molecule has 1 atom stereocenters. The van der Waals surface area contributed by atoms with Gasteiger partial charge in [0.15, 0.2) is 10.4 Å². The third kappa shape index (κ3) is 3.71. The number of ether oxygens (including phenoxy) is 1. The summed E-state index contributed by atoms with van der Waals surface area (Å²) in [6, 6.07) is 1.08. The first-order chi connectivity index (χ1) is 8.88. The van der Waals surface area contributed by atoms with Crippen LogP contribution in [0.3, 0.4) is 0 Å². The summed E-state index contributed by atoms with van der Waals surface area (Å²) in [5.74, 6) is -0.633. The van der Waals surface area contributed by atoms with E-state index in [-0.39, 0.29) is 21.4 Å². The van der Waals surface area contributed by atoms with Crippen LogP contribution in [0.2, 0.25) is 0 Å². The van der Waals surface area contributed by atoms with Crippen molar-refractivity contribution in [2.45, 2.75) is 23.8 Å². The van der Waals surface area contributed by atoms with Crippen LogP contribution < -0.4 is 5.32 Å². The maximum Gasteiger partial charge on any atom is 0.287 e. The van der Waals surface area contributed by atoms with E-state index in [1.165, 1.54) is 0 Å². The first-order valence-corrected chi connectivity index (χ1v) is 8.62. The smallest absolute Gasteiger partial charge is 0.287 e. The number of nitrogens with one attached hydrogen (secondary N) is 1. The van der Waals surface area contributed by atoms with Gasteiger partial charge in [-0.05, 0) is 28.8 Å². The van der Waals surface area contributed by atoms with E-state index in [0.29, 0.717) is 13.2 Å². The van der Waals surface area contributed by atoms with Crippen molar-refractivity contribution in [3.63, 3.8) is 0 Å². The molecule has 9 heteroatoms. The van der Waals surface area contributed by atoms with Crippen molar-refractivity contribution in [2.24, 2.45) is 0 Å². The highest BCUT2D eigenvalue weighted by Crippen LogP contribution is 2.28. The van der Waals surface area contributed by atoms with E-state index in [1.807, 2.05) is 0 Å². The molecule has 1 amide bonds. The second kappa shape index (κ2) is 5.82. The number of furan rings is 1. The highest BCUT2D eigenvalue weighted by Gasteiger charge is 2.24. The minimum absolute atomic E-state index is 0.00131. The Bertz CT molecular complexity index is 579. The van der Waals surface area contributed by atoms with Gasteiger partial charge in [0.1, 0.15) is 4.90 Å². The molecule has 1 aliphatic heterocycles. The summed E-state index contributed by atoms with van der Waals surface area (Å²) in [5.41, 5.74) is 0. The highest BCUT2D eigenvalue weighted by atomic mass is 79.9. The molecule has 6 nitrogen and oxygen atoms in total. The Kier molecular flexibility index (Phi) is 4.54. The number of carbonyl (C=O) groups is 1. The summed E-state index contributed by atoms with van der Waals surface area (Å²) in [4.78, 5) is 11.5. The number of rotatable bonds is 4. The third-order valence-electron chi connectivity index (χ3n) is 2.66. The number of halogens is 2. The molecule has 0 bridgehead atoms. The number of hydrogen-bond donors (Lipinski definition) is 1. The van der Waals surface area contributed by atoms with Crippen molar-refractivity contribution in [1.82, 2.24) is 5.32 Å². The van der Waals surface area contributed by atoms with Gasteiger partial charge in [-0.1, -0.05) is 0 Å². The van der Waals surface area contributed by atoms with E-state index in [2.05, 4.69) is 21.2 Å². The second-order valence-electron chi connectivity index (χ2n) is 4.03. The number of carbonyl (C=O) groups excluding carboxylic acids is 1. The normalized spacial score (nSPS) is 19.6. The molecule has 0 spiro atoms. The lowest BCUT2D eigenvalue weighted by Gasteiger charge is -2.09. The summed E-state index contributed by atoms with van der Waals surface area (Å²) in [6.07, 6.45) is 1.86. The minimum atomic E-state index is -3.95. The average molecular weight is 373 g/mol. The predicted octanol–water partition coefficient (Wildman–Crippen LogP) is 1.88. The molecule has 1 aliphatic rings. The van der Waals surface area contributed by atoms with E-state index in [0.717, 1.165) is 18.9 Å². The summed E-state index contributed by atoms with van der Waals surface area (Å²) >= 11 is 2.90. The highest BCUT2D eigenvalue weighted by molar-refractivity contribution is 9.10. The molecule has 1 fully saturated rings. The molecular weight excluding hydrogens is 362 g/mol. The predicted molar refractivity (Wildman–Crippen MR) is 70.8 cm³/mol. The Morgan fingerprint density at radius 1 is 1.58 bits per heavy atom. The topological polar surface area (TPSA) is 85.6 Å². The standard InChI is InChI=1S/C10H11BrClNO5S/c11-9-8(19(12,15)16)4-7(18-9)10(14)13-5-6-2-1-3-17-6/h4,6H,1-3,5H2,(H,13,14). The van der Waals surface area contributed by atoms with Gasteiger partial charge < -0.3 is 14.5 Å². The van der Waals surface area contributed by atoms with Crippen LogP contribution in [0.4, 0.5) is 0 Å². The van der Waals surface area contributed by atoms with Crippen LogP contribution in [-0.2, 0) is 13.8 Å². The van der Waals surface area contributed by atoms with Crippen molar-refractivity contribution < 1.29 is 22.4 Å². The van der Waals surface area contributed by atoms with Crippen molar-refractivity contribution in [2.75, 3.05) is 13.2 Å². The van der Waals surface area contributed by atoms with Gasteiger partial charge in [-0.3, -0.25) is 4.79 Å². The lowest BCUT2D eigenvalue weighted by atomic mass is 10.2. The van der Waals surface area contributed by atoms with Gasteiger partial charge in [0.2, 0.25) is 0 Å². The van der Waals surface area contributed by atoms with Crippen molar-refractivity contribution in [1.29, 1.82) is 0 Å². The molecule has 0 aliphatic carbocycles. The van der Waals surface area contributed by atoms with Crippen molar-refractivity contribution >= 4 is 41.6 Å². The molecule has 1 unspecified atom stereocenters. The first-order valence-electron chi connectivity index (χ1n) is 5.51. The van der Waals surface area contributed by atoms with Crippen LogP contribution in [-0.4, -0.2) is 33.6 Å². The lowest BCUT2D eigenvalue weighted by molar-refractivity contribution is 0.0834. The van der Waals surface area contributed by atoms with Crippen LogP contribution >= 0.6 is 26.6 Å². The largest absolute Gasteiger partial charge is 0.443 e. The molecule has 1 aromatic rings. The fraction of sp³-hybridized carbons (Fsp3) is 0.500. The Balaban J connectivity index is 2.03.